The molecule has 1 unspecified atom stereocenters. The highest BCUT2D eigenvalue weighted by Crippen LogP contribution is 2.39. The van der Waals surface area contributed by atoms with E-state index in [2.05, 4.69) is 10.6 Å². The van der Waals surface area contributed by atoms with Crippen LogP contribution < -0.4 is 10.6 Å². The first-order valence-corrected chi connectivity index (χ1v) is 6.86. The monoisotopic (exact) mass is 316 g/mol. The molecule has 0 spiro atoms. The van der Waals surface area contributed by atoms with E-state index in [9.17, 15) is 14.7 Å². The topological polar surface area (TPSA) is 78.4 Å². The fraction of sp³-hybridized carbons (Fsp3) is 0.385. The van der Waals surface area contributed by atoms with Gasteiger partial charge in [-0.1, -0.05) is 29.3 Å². The molecule has 0 aliphatic heterocycles. The average Bonchev–Trinajstić information content (AvgIpc) is 3.19. The Morgan fingerprint density at radius 1 is 1.35 bits per heavy atom. The van der Waals surface area contributed by atoms with Gasteiger partial charge in [-0.3, -0.25) is 0 Å². The third-order valence-electron chi connectivity index (χ3n) is 3.41. The molecule has 1 aliphatic carbocycles. The smallest absolute Gasteiger partial charge is 0.329 e. The number of hydrogen-bond acceptors (Lipinski definition) is 2. The molecular weight excluding hydrogens is 303 g/mol. The Kier molecular flexibility index (Phi) is 4.11. The molecule has 0 radical (unpaired) electrons. The predicted molar refractivity (Wildman–Crippen MR) is 77.4 cm³/mol. The number of carbonyl (C=O) groups is 2. The standard InChI is InChI=1S/C13H14Cl2N2O3/c1-13(11(18)19,7-5-6-7)17-12(20)16-9-4-2-3-8(14)10(9)15/h2-4,7H,5-6H2,1H3,(H,18,19)(H2,16,17,20). The zero-order valence-corrected chi connectivity index (χ0v) is 12.3. The Balaban J connectivity index is 2.09. The molecule has 5 nitrogen and oxygen atoms in total. The van der Waals surface area contributed by atoms with E-state index >= 15 is 0 Å². The van der Waals surface area contributed by atoms with E-state index < -0.39 is 17.5 Å². The van der Waals surface area contributed by atoms with Gasteiger partial charge in [0.25, 0.3) is 0 Å². The molecule has 0 aromatic heterocycles. The van der Waals surface area contributed by atoms with Crippen LogP contribution in [0.15, 0.2) is 18.2 Å². The maximum Gasteiger partial charge on any atom is 0.329 e. The van der Waals surface area contributed by atoms with Crippen LogP contribution in [0, 0.1) is 5.92 Å². The second kappa shape index (κ2) is 5.50. The number of halogens is 2. The van der Waals surface area contributed by atoms with Crippen molar-refractivity contribution in [3.05, 3.63) is 28.2 Å². The van der Waals surface area contributed by atoms with E-state index in [0.717, 1.165) is 12.8 Å². The minimum Gasteiger partial charge on any atom is -0.480 e. The molecule has 0 saturated heterocycles. The van der Waals surface area contributed by atoms with Gasteiger partial charge in [0.2, 0.25) is 0 Å². The van der Waals surface area contributed by atoms with Gasteiger partial charge in [0.15, 0.2) is 0 Å². The lowest BCUT2D eigenvalue weighted by molar-refractivity contribution is -0.144. The zero-order chi connectivity index (χ0) is 14.9. The van der Waals surface area contributed by atoms with Crippen LogP contribution in [-0.4, -0.2) is 22.6 Å². The number of carboxylic acid groups (broad SMARTS) is 1. The summed E-state index contributed by atoms with van der Waals surface area (Å²) < 4.78 is 0. The van der Waals surface area contributed by atoms with E-state index in [4.69, 9.17) is 23.2 Å². The molecular formula is C13H14Cl2N2O3. The van der Waals surface area contributed by atoms with Gasteiger partial charge in [0.1, 0.15) is 5.54 Å². The maximum absolute atomic E-state index is 11.9. The van der Waals surface area contributed by atoms with Crippen LogP contribution in [-0.2, 0) is 4.79 Å². The SMILES string of the molecule is CC(NC(=O)Nc1cccc(Cl)c1Cl)(C(=O)O)C1CC1. The quantitative estimate of drug-likeness (QED) is 0.796. The van der Waals surface area contributed by atoms with Crippen LogP contribution in [0.25, 0.3) is 0 Å². The summed E-state index contributed by atoms with van der Waals surface area (Å²) in [5.74, 6) is -1.09. The minimum absolute atomic E-state index is 0.0411. The Labute approximate surface area is 126 Å². The Hall–Kier alpha value is -1.46. The van der Waals surface area contributed by atoms with E-state index in [1.165, 1.54) is 6.92 Å². The fourth-order valence-corrected chi connectivity index (χ4v) is 2.33. The molecule has 1 saturated carbocycles. The third kappa shape index (κ3) is 2.99. The summed E-state index contributed by atoms with van der Waals surface area (Å²) in [7, 11) is 0. The minimum atomic E-state index is -1.27. The number of anilines is 1. The molecule has 108 valence electrons. The van der Waals surface area contributed by atoms with Crippen LogP contribution in [0.2, 0.25) is 10.0 Å². The van der Waals surface area contributed by atoms with Crippen LogP contribution in [0.4, 0.5) is 10.5 Å². The second-order valence-electron chi connectivity index (χ2n) is 4.96. The Bertz CT molecular complexity index is 561. The molecule has 3 N–H and O–H groups in total. The average molecular weight is 317 g/mol. The van der Waals surface area contributed by atoms with E-state index in [1.807, 2.05) is 0 Å². The van der Waals surface area contributed by atoms with Gasteiger partial charge in [0.05, 0.1) is 15.7 Å². The molecule has 20 heavy (non-hydrogen) atoms. The lowest BCUT2D eigenvalue weighted by Crippen LogP contribution is -2.55. The summed E-state index contributed by atoms with van der Waals surface area (Å²) >= 11 is 11.8. The van der Waals surface area contributed by atoms with Crippen molar-refractivity contribution in [1.29, 1.82) is 0 Å². The molecule has 1 aliphatic rings. The first-order valence-electron chi connectivity index (χ1n) is 6.11. The third-order valence-corrected chi connectivity index (χ3v) is 4.23. The normalized spacial score (nSPS) is 17.1. The first-order chi connectivity index (χ1) is 9.34. The molecule has 1 fully saturated rings. The number of amides is 2. The van der Waals surface area contributed by atoms with Gasteiger partial charge in [-0.05, 0) is 37.8 Å². The lowest BCUT2D eigenvalue weighted by Gasteiger charge is -2.26. The van der Waals surface area contributed by atoms with E-state index in [-0.39, 0.29) is 10.9 Å². The molecule has 0 bridgehead atoms. The van der Waals surface area contributed by atoms with Gasteiger partial charge in [-0.15, -0.1) is 0 Å². The maximum atomic E-state index is 11.9. The molecule has 1 aromatic carbocycles. The lowest BCUT2D eigenvalue weighted by atomic mass is 9.96. The number of aliphatic carboxylic acids is 1. The summed E-state index contributed by atoms with van der Waals surface area (Å²) in [6, 6.07) is 4.20. The number of rotatable bonds is 4. The fourth-order valence-electron chi connectivity index (χ4n) is 1.98. The summed E-state index contributed by atoms with van der Waals surface area (Å²) in [6.07, 6.45) is 1.59. The highest BCUT2D eigenvalue weighted by Gasteiger charge is 2.48. The second-order valence-corrected chi connectivity index (χ2v) is 5.75. The molecule has 2 rings (SSSR count). The highest BCUT2D eigenvalue weighted by molar-refractivity contribution is 6.43. The van der Waals surface area contributed by atoms with Crippen LogP contribution >= 0.6 is 23.2 Å². The number of carboxylic acids is 1. The predicted octanol–water partition coefficient (Wildman–Crippen LogP) is 3.37. The molecule has 7 heteroatoms. The van der Waals surface area contributed by atoms with Crippen LogP contribution in [0.5, 0.6) is 0 Å². The number of benzene rings is 1. The van der Waals surface area contributed by atoms with Crippen molar-refractivity contribution in [2.75, 3.05) is 5.32 Å². The van der Waals surface area contributed by atoms with Crippen molar-refractivity contribution in [2.24, 2.45) is 5.92 Å². The zero-order valence-electron chi connectivity index (χ0n) is 10.7. The Morgan fingerprint density at radius 2 is 2.00 bits per heavy atom. The van der Waals surface area contributed by atoms with Crippen LogP contribution in [0.1, 0.15) is 19.8 Å². The number of carbonyl (C=O) groups excluding carboxylic acids is 1. The van der Waals surface area contributed by atoms with Gasteiger partial charge >= 0.3 is 12.0 Å². The summed E-state index contributed by atoms with van der Waals surface area (Å²) in [5.41, 5.74) is -0.935. The van der Waals surface area contributed by atoms with Crippen molar-refractivity contribution >= 4 is 40.9 Å². The molecule has 0 heterocycles. The van der Waals surface area contributed by atoms with Gasteiger partial charge < -0.3 is 15.7 Å². The van der Waals surface area contributed by atoms with E-state index in [0.29, 0.717) is 10.7 Å². The first kappa shape index (κ1) is 14.9. The van der Waals surface area contributed by atoms with Gasteiger partial charge in [0, 0.05) is 0 Å². The van der Waals surface area contributed by atoms with E-state index in [1.54, 1.807) is 18.2 Å². The summed E-state index contributed by atoms with van der Waals surface area (Å²) in [5, 5.41) is 14.8. The van der Waals surface area contributed by atoms with Crippen molar-refractivity contribution in [3.8, 4) is 0 Å². The van der Waals surface area contributed by atoms with Crippen LogP contribution in [0.3, 0.4) is 0 Å². The van der Waals surface area contributed by atoms with Crippen molar-refractivity contribution in [2.45, 2.75) is 25.3 Å². The largest absolute Gasteiger partial charge is 0.480 e. The molecule has 1 atom stereocenters. The number of nitrogens with one attached hydrogen (secondary N) is 2. The molecule has 2 amide bonds. The number of urea groups is 1. The van der Waals surface area contributed by atoms with Gasteiger partial charge in [-0.25, -0.2) is 9.59 Å². The summed E-state index contributed by atoms with van der Waals surface area (Å²) in [6.45, 7) is 1.51. The van der Waals surface area contributed by atoms with Gasteiger partial charge in [-0.2, -0.15) is 0 Å². The van der Waals surface area contributed by atoms with Crippen molar-refractivity contribution in [1.82, 2.24) is 5.32 Å². The van der Waals surface area contributed by atoms with Crippen molar-refractivity contribution < 1.29 is 14.7 Å². The molecule has 1 aromatic rings. The van der Waals surface area contributed by atoms with Crippen molar-refractivity contribution in [3.63, 3.8) is 0 Å². The Morgan fingerprint density at radius 3 is 2.55 bits per heavy atom. The highest BCUT2D eigenvalue weighted by atomic mass is 35.5. The summed E-state index contributed by atoms with van der Waals surface area (Å²) in [4.78, 5) is 23.3. The number of hydrogen-bond donors (Lipinski definition) is 3.